The summed E-state index contributed by atoms with van der Waals surface area (Å²) in [4.78, 5) is 12.4. The maximum Gasteiger partial charge on any atom is 0.185 e. The maximum atomic E-state index is 13.8. The van der Waals surface area contributed by atoms with Crippen LogP contribution in [0.15, 0.2) is 40.9 Å². The van der Waals surface area contributed by atoms with Crippen LogP contribution in [0.5, 0.6) is 0 Å². The smallest absolute Gasteiger partial charge is 0.185 e. The minimum Gasteiger partial charge on any atom is -0.292 e. The molecule has 0 N–H and O–H groups in total. The molecule has 106 valence electrons. The average molecular weight is 350 g/mol. The summed E-state index contributed by atoms with van der Waals surface area (Å²) in [6.45, 7) is 1.86. The fraction of sp³-hybridized carbons (Fsp3) is 0.125. The van der Waals surface area contributed by atoms with E-state index in [1.807, 2.05) is 6.92 Å². The molecular formula is C16H10BrF2NO. The molecule has 0 saturated heterocycles. The Morgan fingerprint density at radius 3 is 2.52 bits per heavy atom. The molecule has 2 rings (SSSR count). The molecule has 1 atom stereocenters. The van der Waals surface area contributed by atoms with E-state index in [0.717, 1.165) is 17.7 Å². The van der Waals surface area contributed by atoms with Crippen LogP contribution in [0, 0.1) is 29.9 Å². The monoisotopic (exact) mass is 349 g/mol. The summed E-state index contributed by atoms with van der Waals surface area (Å²) < 4.78 is 27.2. The Labute approximate surface area is 129 Å². The standard InChI is InChI=1S/C16H10BrF2NO/c1-9-2-4-12(14(17)6-9)16(21)13(8-20)11-5-3-10(18)7-15(11)19/h2-7,13H,1H3. The molecule has 21 heavy (non-hydrogen) atoms. The normalized spacial score (nSPS) is 11.8. The number of nitriles is 1. The summed E-state index contributed by atoms with van der Waals surface area (Å²) in [6, 6.07) is 9.65. The van der Waals surface area contributed by atoms with Crippen LogP contribution in [0.2, 0.25) is 0 Å². The average Bonchev–Trinajstić information content (AvgIpc) is 2.41. The van der Waals surface area contributed by atoms with Crippen LogP contribution in [-0.2, 0) is 0 Å². The predicted molar refractivity (Wildman–Crippen MR) is 77.9 cm³/mol. The molecule has 0 radical (unpaired) electrons. The first-order chi connectivity index (χ1) is 9.93. The van der Waals surface area contributed by atoms with Crippen molar-refractivity contribution in [3.63, 3.8) is 0 Å². The van der Waals surface area contributed by atoms with Crippen molar-refractivity contribution in [3.05, 3.63) is 69.2 Å². The molecule has 0 spiro atoms. The third-order valence-electron chi connectivity index (χ3n) is 3.05. The highest BCUT2D eigenvalue weighted by Crippen LogP contribution is 2.27. The second kappa shape index (κ2) is 6.15. The summed E-state index contributed by atoms with van der Waals surface area (Å²) in [7, 11) is 0. The Morgan fingerprint density at radius 1 is 1.24 bits per heavy atom. The number of halogens is 3. The molecule has 0 amide bonds. The quantitative estimate of drug-likeness (QED) is 0.764. The Balaban J connectivity index is 2.46. The van der Waals surface area contributed by atoms with Gasteiger partial charge in [0.15, 0.2) is 5.78 Å². The SMILES string of the molecule is Cc1ccc(C(=O)C(C#N)c2ccc(F)cc2F)c(Br)c1. The molecule has 0 saturated carbocycles. The molecule has 2 nitrogen and oxygen atoms in total. The van der Waals surface area contributed by atoms with E-state index < -0.39 is 23.3 Å². The number of ketones is 1. The van der Waals surface area contributed by atoms with E-state index in [-0.39, 0.29) is 11.1 Å². The van der Waals surface area contributed by atoms with Gasteiger partial charge in [0.05, 0.1) is 6.07 Å². The largest absolute Gasteiger partial charge is 0.292 e. The number of carbonyl (C=O) groups excluding carboxylic acids is 1. The Morgan fingerprint density at radius 2 is 1.95 bits per heavy atom. The Bertz CT molecular complexity index is 752. The first-order valence-corrected chi connectivity index (χ1v) is 6.88. The third kappa shape index (κ3) is 3.17. The second-order valence-corrected chi connectivity index (χ2v) is 5.43. The minimum absolute atomic E-state index is 0.128. The molecule has 0 aliphatic carbocycles. The highest BCUT2D eigenvalue weighted by Gasteiger charge is 2.26. The highest BCUT2D eigenvalue weighted by molar-refractivity contribution is 9.10. The van der Waals surface area contributed by atoms with E-state index in [1.165, 1.54) is 0 Å². The van der Waals surface area contributed by atoms with Gasteiger partial charge in [0.25, 0.3) is 0 Å². The van der Waals surface area contributed by atoms with E-state index in [9.17, 15) is 18.8 Å². The number of hydrogen-bond donors (Lipinski definition) is 0. The van der Waals surface area contributed by atoms with Gasteiger partial charge >= 0.3 is 0 Å². The zero-order valence-corrected chi connectivity index (χ0v) is 12.6. The lowest BCUT2D eigenvalue weighted by Crippen LogP contribution is -2.13. The van der Waals surface area contributed by atoms with Crippen LogP contribution in [-0.4, -0.2) is 5.78 Å². The topological polar surface area (TPSA) is 40.9 Å². The van der Waals surface area contributed by atoms with Gasteiger partial charge < -0.3 is 0 Å². The van der Waals surface area contributed by atoms with Gasteiger partial charge in [-0.15, -0.1) is 0 Å². The van der Waals surface area contributed by atoms with Crippen LogP contribution in [0.4, 0.5) is 8.78 Å². The fourth-order valence-corrected chi connectivity index (χ4v) is 2.67. The summed E-state index contributed by atoms with van der Waals surface area (Å²) >= 11 is 3.26. The van der Waals surface area contributed by atoms with E-state index in [1.54, 1.807) is 24.3 Å². The van der Waals surface area contributed by atoms with Crippen molar-refractivity contribution in [2.24, 2.45) is 0 Å². The summed E-state index contributed by atoms with van der Waals surface area (Å²) in [5.41, 5.74) is 1.10. The van der Waals surface area contributed by atoms with Gasteiger partial charge in [-0.2, -0.15) is 5.26 Å². The fourth-order valence-electron chi connectivity index (χ4n) is 1.98. The van der Waals surface area contributed by atoms with E-state index >= 15 is 0 Å². The van der Waals surface area contributed by atoms with Crippen molar-refractivity contribution in [3.8, 4) is 6.07 Å². The molecule has 2 aromatic carbocycles. The van der Waals surface area contributed by atoms with Crippen molar-refractivity contribution in [1.82, 2.24) is 0 Å². The van der Waals surface area contributed by atoms with Crippen molar-refractivity contribution in [2.75, 3.05) is 0 Å². The first kappa shape index (κ1) is 15.3. The van der Waals surface area contributed by atoms with Gasteiger partial charge in [-0.3, -0.25) is 4.79 Å². The van der Waals surface area contributed by atoms with Gasteiger partial charge in [-0.05, 0) is 30.7 Å². The number of rotatable bonds is 3. The maximum absolute atomic E-state index is 13.8. The van der Waals surface area contributed by atoms with Gasteiger partial charge in [0.2, 0.25) is 0 Å². The zero-order valence-electron chi connectivity index (χ0n) is 11.0. The van der Waals surface area contributed by atoms with E-state index in [4.69, 9.17) is 0 Å². The van der Waals surface area contributed by atoms with E-state index in [2.05, 4.69) is 15.9 Å². The zero-order chi connectivity index (χ0) is 15.6. The van der Waals surface area contributed by atoms with Crippen LogP contribution >= 0.6 is 15.9 Å². The van der Waals surface area contributed by atoms with Gasteiger partial charge in [0.1, 0.15) is 17.6 Å². The first-order valence-electron chi connectivity index (χ1n) is 6.09. The number of Topliss-reactive ketones (excluding diaryl/α,β-unsaturated/α-hetero) is 1. The van der Waals surface area contributed by atoms with E-state index in [0.29, 0.717) is 10.5 Å². The molecular weight excluding hydrogens is 340 g/mol. The predicted octanol–water partition coefficient (Wildman–Crippen LogP) is 4.53. The van der Waals surface area contributed by atoms with Gasteiger partial charge in [0, 0.05) is 21.7 Å². The molecule has 0 aliphatic rings. The van der Waals surface area contributed by atoms with Crippen molar-refractivity contribution in [2.45, 2.75) is 12.8 Å². The number of nitrogens with zero attached hydrogens (tertiary/aromatic N) is 1. The lowest BCUT2D eigenvalue weighted by molar-refractivity contribution is 0.0976. The Hall–Kier alpha value is -2.06. The summed E-state index contributed by atoms with van der Waals surface area (Å²) in [6.07, 6.45) is 0. The molecule has 2 aromatic rings. The van der Waals surface area contributed by atoms with Crippen molar-refractivity contribution >= 4 is 21.7 Å². The van der Waals surface area contributed by atoms with Gasteiger partial charge in [-0.1, -0.05) is 28.1 Å². The highest BCUT2D eigenvalue weighted by atomic mass is 79.9. The minimum atomic E-state index is -1.32. The summed E-state index contributed by atoms with van der Waals surface area (Å²) in [5.74, 6) is -3.51. The molecule has 0 aromatic heterocycles. The molecule has 0 bridgehead atoms. The second-order valence-electron chi connectivity index (χ2n) is 4.58. The number of benzene rings is 2. The van der Waals surface area contributed by atoms with Crippen molar-refractivity contribution in [1.29, 1.82) is 5.26 Å². The lowest BCUT2D eigenvalue weighted by atomic mass is 9.91. The molecule has 5 heteroatoms. The van der Waals surface area contributed by atoms with Crippen molar-refractivity contribution < 1.29 is 13.6 Å². The lowest BCUT2D eigenvalue weighted by Gasteiger charge is -2.11. The molecule has 0 fully saturated rings. The summed E-state index contributed by atoms with van der Waals surface area (Å²) in [5, 5.41) is 9.20. The number of carbonyl (C=O) groups is 1. The Kier molecular flexibility index (Phi) is 4.49. The van der Waals surface area contributed by atoms with Crippen LogP contribution in [0.1, 0.15) is 27.4 Å². The molecule has 1 unspecified atom stereocenters. The molecule has 0 aliphatic heterocycles. The van der Waals surface area contributed by atoms with Crippen LogP contribution < -0.4 is 0 Å². The van der Waals surface area contributed by atoms with Crippen LogP contribution in [0.3, 0.4) is 0 Å². The molecule has 0 heterocycles. The number of aryl methyl sites for hydroxylation is 1. The van der Waals surface area contributed by atoms with Crippen LogP contribution in [0.25, 0.3) is 0 Å². The van der Waals surface area contributed by atoms with Gasteiger partial charge in [-0.25, -0.2) is 8.78 Å². The number of hydrogen-bond acceptors (Lipinski definition) is 2. The third-order valence-corrected chi connectivity index (χ3v) is 3.71.